The molecular weight excluding hydrogens is 252 g/mol. The number of aryl methyl sites for hydroxylation is 1. The third-order valence-electron chi connectivity index (χ3n) is 3.98. The minimum atomic E-state index is 0.425. The van der Waals surface area contributed by atoms with E-state index in [1.807, 2.05) is 23.6 Å². The van der Waals surface area contributed by atoms with Crippen molar-refractivity contribution in [3.8, 4) is 0 Å². The minimum absolute atomic E-state index is 0.425. The van der Waals surface area contributed by atoms with E-state index in [2.05, 4.69) is 9.97 Å². The smallest absolute Gasteiger partial charge is 0.202 e. The standard InChI is InChI=1S/C15H22N4O/c1-11-7-8-13-14(17-11)19(15(16)18-13)9-10-20-12-5-3-2-4-6-12/h7-8,12H,2-6,9-10H2,1H3,(H2,16,18). The molecule has 0 atom stereocenters. The normalized spacial score (nSPS) is 16.9. The van der Waals surface area contributed by atoms with Crippen molar-refractivity contribution in [2.24, 2.45) is 0 Å². The number of anilines is 1. The van der Waals surface area contributed by atoms with Crippen LogP contribution in [0.5, 0.6) is 0 Å². The number of ether oxygens (including phenoxy) is 1. The van der Waals surface area contributed by atoms with Crippen LogP contribution in [0.1, 0.15) is 37.8 Å². The van der Waals surface area contributed by atoms with E-state index < -0.39 is 0 Å². The van der Waals surface area contributed by atoms with Crippen LogP contribution in [0, 0.1) is 6.92 Å². The number of pyridine rings is 1. The molecule has 2 heterocycles. The molecule has 2 aromatic heterocycles. The highest BCUT2D eigenvalue weighted by Gasteiger charge is 2.14. The molecular formula is C15H22N4O. The van der Waals surface area contributed by atoms with Gasteiger partial charge in [-0.1, -0.05) is 19.3 Å². The summed E-state index contributed by atoms with van der Waals surface area (Å²) in [6.07, 6.45) is 6.75. The SMILES string of the molecule is Cc1ccc2nc(N)n(CCOC3CCCCC3)c2n1. The fraction of sp³-hybridized carbons (Fsp3) is 0.600. The molecule has 20 heavy (non-hydrogen) atoms. The lowest BCUT2D eigenvalue weighted by atomic mass is 9.98. The van der Waals surface area contributed by atoms with Gasteiger partial charge in [0.1, 0.15) is 5.52 Å². The first-order chi connectivity index (χ1) is 9.74. The molecule has 2 N–H and O–H groups in total. The monoisotopic (exact) mass is 274 g/mol. The van der Waals surface area contributed by atoms with Gasteiger partial charge in [0.25, 0.3) is 0 Å². The molecule has 0 bridgehead atoms. The summed E-state index contributed by atoms with van der Waals surface area (Å²) < 4.78 is 7.91. The Kier molecular flexibility index (Phi) is 3.87. The Bertz CT molecular complexity index is 587. The first-order valence-electron chi connectivity index (χ1n) is 7.45. The largest absolute Gasteiger partial charge is 0.376 e. The van der Waals surface area contributed by atoms with Gasteiger partial charge < -0.3 is 10.5 Å². The Morgan fingerprint density at radius 2 is 2.05 bits per heavy atom. The number of hydrogen-bond donors (Lipinski definition) is 1. The van der Waals surface area contributed by atoms with Gasteiger partial charge in [0.2, 0.25) is 5.95 Å². The van der Waals surface area contributed by atoms with E-state index in [-0.39, 0.29) is 0 Å². The van der Waals surface area contributed by atoms with Crippen molar-refractivity contribution >= 4 is 17.1 Å². The topological polar surface area (TPSA) is 66.0 Å². The maximum absolute atomic E-state index is 5.98. The van der Waals surface area contributed by atoms with E-state index in [4.69, 9.17) is 10.5 Å². The van der Waals surface area contributed by atoms with Crippen molar-refractivity contribution < 1.29 is 4.74 Å². The van der Waals surface area contributed by atoms with Crippen molar-refractivity contribution in [1.82, 2.24) is 14.5 Å². The first-order valence-corrected chi connectivity index (χ1v) is 7.45. The van der Waals surface area contributed by atoms with E-state index in [9.17, 15) is 0 Å². The Hall–Kier alpha value is -1.62. The van der Waals surface area contributed by atoms with Crippen LogP contribution in [-0.2, 0) is 11.3 Å². The number of hydrogen-bond acceptors (Lipinski definition) is 4. The van der Waals surface area contributed by atoms with Crippen LogP contribution in [-0.4, -0.2) is 27.2 Å². The van der Waals surface area contributed by atoms with Gasteiger partial charge in [-0.25, -0.2) is 9.97 Å². The van der Waals surface area contributed by atoms with Crippen molar-refractivity contribution in [1.29, 1.82) is 0 Å². The number of fused-ring (bicyclic) bond motifs is 1. The number of nitrogens with two attached hydrogens (primary N) is 1. The molecule has 1 saturated carbocycles. The van der Waals surface area contributed by atoms with Gasteiger partial charge in [0.05, 0.1) is 19.3 Å². The van der Waals surface area contributed by atoms with Crippen LogP contribution in [0.2, 0.25) is 0 Å². The molecule has 0 unspecified atom stereocenters. The number of aromatic nitrogens is 3. The Balaban J connectivity index is 1.67. The molecule has 1 aliphatic rings. The zero-order chi connectivity index (χ0) is 13.9. The Morgan fingerprint density at radius 1 is 1.25 bits per heavy atom. The van der Waals surface area contributed by atoms with Gasteiger partial charge in [-0.05, 0) is 31.9 Å². The first kappa shape index (κ1) is 13.4. The molecule has 108 valence electrons. The summed E-state index contributed by atoms with van der Waals surface area (Å²) in [4.78, 5) is 8.87. The maximum Gasteiger partial charge on any atom is 0.202 e. The summed E-state index contributed by atoms with van der Waals surface area (Å²) in [7, 11) is 0. The second kappa shape index (κ2) is 5.79. The molecule has 0 saturated heterocycles. The van der Waals surface area contributed by atoms with Crippen LogP contribution in [0.3, 0.4) is 0 Å². The number of imidazole rings is 1. The predicted molar refractivity (Wildman–Crippen MR) is 79.5 cm³/mol. The molecule has 0 aromatic carbocycles. The summed E-state index contributed by atoms with van der Waals surface area (Å²) in [6.45, 7) is 3.37. The van der Waals surface area contributed by atoms with E-state index >= 15 is 0 Å². The molecule has 5 heteroatoms. The molecule has 2 aromatic rings. The zero-order valence-corrected chi connectivity index (χ0v) is 12.0. The van der Waals surface area contributed by atoms with E-state index in [0.29, 0.717) is 18.7 Å². The van der Waals surface area contributed by atoms with Gasteiger partial charge in [-0.2, -0.15) is 0 Å². The van der Waals surface area contributed by atoms with Crippen LogP contribution in [0.4, 0.5) is 5.95 Å². The predicted octanol–water partition coefficient (Wildman–Crippen LogP) is 2.67. The van der Waals surface area contributed by atoms with Gasteiger partial charge in [-0.3, -0.25) is 4.57 Å². The maximum atomic E-state index is 5.98. The number of rotatable bonds is 4. The van der Waals surface area contributed by atoms with Crippen LogP contribution in [0.15, 0.2) is 12.1 Å². The lowest BCUT2D eigenvalue weighted by Crippen LogP contribution is -2.19. The van der Waals surface area contributed by atoms with Gasteiger partial charge >= 0.3 is 0 Å². The van der Waals surface area contributed by atoms with Crippen LogP contribution in [0.25, 0.3) is 11.2 Å². The zero-order valence-electron chi connectivity index (χ0n) is 12.0. The highest BCUT2D eigenvalue weighted by atomic mass is 16.5. The molecule has 3 rings (SSSR count). The fourth-order valence-electron chi connectivity index (χ4n) is 2.88. The summed E-state index contributed by atoms with van der Waals surface area (Å²) in [5, 5.41) is 0. The second-order valence-electron chi connectivity index (χ2n) is 5.55. The van der Waals surface area contributed by atoms with Crippen LogP contribution < -0.4 is 5.73 Å². The molecule has 1 fully saturated rings. The van der Waals surface area contributed by atoms with Crippen molar-refractivity contribution in [2.75, 3.05) is 12.3 Å². The Morgan fingerprint density at radius 3 is 2.85 bits per heavy atom. The van der Waals surface area contributed by atoms with E-state index in [1.165, 1.54) is 32.1 Å². The highest BCUT2D eigenvalue weighted by molar-refractivity contribution is 5.74. The Labute approximate surface area is 119 Å². The lowest BCUT2D eigenvalue weighted by molar-refractivity contribution is 0.0246. The fourth-order valence-corrected chi connectivity index (χ4v) is 2.88. The third kappa shape index (κ3) is 2.77. The summed E-state index contributed by atoms with van der Waals surface area (Å²) in [5.41, 5.74) is 8.67. The number of nitrogen functional groups attached to an aromatic ring is 1. The minimum Gasteiger partial charge on any atom is -0.376 e. The molecule has 0 aliphatic heterocycles. The average molecular weight is 274 g/mol. The van der Waals surface area contributed by atoms with Crippen LogP contribution >= 0.6 is 0 Å². The van der Waals surface area contributed by atoms with Crippen molar-refractivity contribution in [2.45, 2.75) is 51.7 Å². The molecule has 0 radical (unpaired) electrons. The summed E-state index contributed by atoms with van der Waals surface area (Å²) in [6, 6.07) is 3.92. The highest BCUT2D eigenvalue weighted by Crippen LogP contribution is 2.21. The molecule has 1 aliphatic carbocycles. The molecule has 0 spiro atoms. The van der Waals surface area contributed by atoms with Gasteiger partial charge in [0, 0.05) is 5.69 Å². The molecule has 5 nitrogen and oxygen atoms in total. The summed E-state index contributed by atoms with van der Waals surface area (Å²) in [5.74, 6) is 0.519. The second-order valence-corrected chi connectivity index (χ2v) is 5.55. The molecule has 0 amide bonds. The third-order valence-corrected chi connectivity index (χ3v) is 3.98. The van der Waals surface area contributed by atoms with E-state index in [0.717, 1.165) is 23.4 Å². The van der Waals surface area contributed by atoms with Gasteiger partial charge in [0.15, 0.2) is 5.65 Å². The van der Waals surface area contributed by atoms with Crippen molar-refractivity contribution in [3.05, 3.63) is 17.8 Å². The quantitative estimate of drug-likeness (QED) is 0.930. The average Bonchev–Trinajstić information content (AvgIpc) is 2.76. The van der Waals surface area contributed by atoms with Gasteiger partial charge in [-0.15, -0.1) is 0 Å². The number of nitrogens with zero attached hydrogens (tertiary/aromatic N) is 3. The van der Waals surface area contributed by atoms with E-state index in [1.54, 1.807) is 0 Å². The lowest BCUT2D eigenvalue weighted by Gasteiger charge is -2.22. The van der Waals surface area contributed by atoms with Crippen molar-refractivity contribution in [3.63, 3.8) is 0 Å². The summed E-state index contributed by atoms with van der Waals surface area (Å²) >= 11 is 0.